The second kappa shape index (κ2) is 10.3. The van der Waals surface area contributed by atoms with Gasteiger partial charge in [0.1, 0.15) is 12.6 Å². The Labute approximate surface area is 216 Å². The molecule has 0 saturated heterocycles. The van der Waals surface area contributed by atoms with Crippen molar-refractivity contribution in [2.24, 2.45) is 0 Å². The first-order valence-electron chi connectivity index (χ1n) is 12.4. The maximum absolute atomic E-state index is 14.0. The Bertz CT molecular complexity index is 1460. The molecule has 37 heavy (non-hydrogen) atoms. The van der Waals surface area contributed by atoms with Gasteiger partial charge in [-0.3, -0.25) is 19.3 Å². The van der Waals surface area contributed by atoms with Crippen molar-refractivity contribution in [3.63, 3.8) is 0 Å². The lowest BCUT2D eigenvalue weighted by Gasteiger charge is -2.32. The van der Waals surface area contributed by atoms with E-state index < -0.39 is 6.04 Å². The second-order valence-corrected chi connectivity index (χ2v) is 9.40. The van der Waals surface area contributed by atoms with Crippen LogP contribution in [0.1, 0.15) is 27.0 Å². The van der Waals surface area contributed by atoms with Gasteiger partial charge in [0.25, 0.3) is 5.91 Å². The van der Waals surface area contributed by atoms with Crippen molar-refractivity contribution < 1.29 is 14.4 Å². The lowest BCUT2D eigenvalue weighted by molar-refractivity contribution is -0.140. The molecule has 1 aliphatic heterocycles. The Balaban J connectivity index is 1.50. The second-order valence-electron chi connectivity index (χ2n) is 9.40. The summed E-state index contributed by atoms with van der Waals surface area (Å²) in [7, 11) is 1.58. The third kappa shape index (κ3) is 4.83. The van der Waals surface area contributed by atoms with Crippen LogP contribution >= 0.6 is 0 Å². The van der Waals surface area contributed by atoms with Crippen molar-refractivity contribution in [1.29, 1.82) is 0 Å². The Morgan fingerprint density at radius 2 is 1.57 bits per heavy atom. The molecule has 0 fully saturated rings. The number of carbonyl (C=O) groups excluding carboxylic acids is 3. The lowest BCUT2D eigenvalue weighted by atomic mass is 10.0. The van der Waals surface area contributed by atoms with E-state index in [-0.39, 0.29) is 30.8 Å². The first kappa shape index (κ1) is 24.3. The number of rotatable bonds is 8. The van der Waals surface area contributed by atoms with E-state index in [0.29, 0.717) is 12.0 Å². The van der Waals surface area contributed by atoms with E-state index >= 15 is 0 Å². The monoisotopic (exact) mass is 491 g/mol. The normalized spacial score (nSPS) is 13.0. The van der Waals surface area contributed by atoms with Gasteiger partial charge in [-0.25, -0.2) is 0 Å². The van der Waals surface area contributed by atoms with Crippen molar-refractivity contribution in [2.45, 2.75) is 25.9 Å². The zero-order valence-corrected chi connectivity index (χ0v) is 21.0. The minimum atomic E-state index is -0.739. The summed E-state index contributed by atoms with van der Waals surface area (Å²) in [5.41, 5.74) is 4.30. The van der Waals surface area contributed by atoms with Gasteiger partial charge in [0.15, 0.2) is 0 Å². The van der Waals surface area contributed by atoms with Gasteiger partial charge in [0.2, 0.25) is 11.8 Å². The highest BCUT2D eigenvalue weighted by Crippen LogP contribution is 2.37. The highest BCUT2D eigenvalue weighted by Gasteiger charge is 2.35. The first-order valence-corrected chi connectivity index (χ1v) is 12.4. The topological polar surface area (TPSA) is 69.7 Å². The van der Waals surface area contributed by atoms with E-state index in [2.05, 4.69) is 5.32 Å². The zero-order valence-electron chi connectivity index (χ0n) is 21.0. The quantitative estimate of drug-likeness (QED) is 0.395. The van der Waals surface area contributed by atoms with Gasteiger partial charge >= 0.3 is 0 Å². The number of carbonyl (C=O) groups is 3. The van der Waals surface area contributed by atoms with E-state index in [0.717, 1.165) is 33.2 Å². The average Bonchev–Trinajstić information content (AvgIpc) is 3.19. The predicted molar refractivity (Wildman–Crippen MR) is 145 cm³/mol. The van der Waals surface area contributed by atoms with Crippen molar-refractivity contribution in [3.05, 3.63) is 113 Å². The Morgan fingerprint density at radius 3 is 2.27 bits per heavy atom. The molecule has 5 rings (SSSR count). The molecule has 1 N–H and O–H groups in total. The lowest BCUT2D eigenvalue weighted by Crippen LogP contribution is -2.52. The van der Waals surface area contributed by atoms with Crippen LogP contribution in [-0.4, -0.2) is 42.3 Å². The number of hydrogen-bond acceptors (Lipinski definition) is 3. The summed E-state index contributed by atoms with van der Waals surface area (Å²) in [5, 5.41) is 4.56. The molecule has 1 heterocycles. The molecule has 0 aromatic heterocycles. The zero-order chi connectivity index (χ0) is 25.9. The third-order valence-electron chi connectivity index (χ3n) is 6.93. The number of aryl methyl sites for hydroxylation is 1. The Kier molecular flexibility index (Phi) is 6.73. The molecule has 6 nitrogen and oxygen atoms in total. The van der Waals surface area contributed by atoms with Gasteiger partial charge in [0.05, 0.1) is 5.69 Å². The van der Waals surface area contributed by atoms with E-state index in [9.17, 15) is 14.4 Å². The van der Waals surface area contributed by atoms with Crippen LogP contribution in [0.3, 0.4) is 0 Å². The number of nitrogens with one attached hydrogen (secondary N) is 1. The Morgan fingerprint density at radius 1 is 0.865 bits per heavy atom. The fourth-order valence-electron chi connectivity index (χ4n) is 4.97. The Hall–Kier alpha value is -4.45. The summed E-state index contributed by atoms with van der Waals surface area (Å²) in [5.74, 6) is -0.735. The summed E-state index contributed by atoms with van der Waals surface area (Å²) >= 11 is 0. The van der Waals surface area contributed by atoms with Gasteiger partial charge in [-0.2, -0.15) is 0 Å². The molecule has 0 spiro atoms. The number of anilines is 1. The maximum atomic E-state index is 14.0. The van der Waals surface area contributed by atoms with Crippen molar-refractivity contribution in [1.82, 2.24) is 10.2 Å². The molecule has 4 aromatic carbocycles. The summed E-state index contributed by atoms with van der Waals surface area (Å²) in [4.78, 5) is 43.6. The van der Waals surface area contributed by atoms with Crippen molar-refractivity contribution in [3.8, 4) is 0 Å². The minimum absolute atomic E-state index is 0.152. The molecule has 6 heteroatoms. The van der Waals surface area contributed by atoms with Crippen molar-refractivity contribution in [2.75, 3.05) is 18.5 Å². The van der Waals surface area contributed by atoms with Crippen LogP contribution in [0.25, 0.3) is 10.8 Å². The summed E-state index contributed by atoms with van der Waals surface area (Å²) in [6, 6.07) is 28.2. The minimum Gasteiger partial charge on any atom is -0.357 e. The number of benzene rings is 4. The highest BCUT2D eigenvalue weighted by atomic mass is 16.2. The van der Waals surface area contributed by atoms with Crippen LogP contribution in [-0.2, 0) is 22.6 Å². The molecule has 1 atom stereocenters. The van der Waals surface area contributed by atoms with Crippen LogP contribution < -0.4 is 10.2 Å². The van der Waals surface area contributed by atoms with E-state index in [4.69, 9.17) is 0 Å². The summed E-state index contributed by atoms with van der Waals surface area (Å²) < 4.78 is 0. The molecule has 1 aliphatic rings. The van der Waals surface area contributed by atoms with Gasteiger partial charge in [-0.05, 0) is 35.6 Å². The van der Waals surface area contributed by atoms with Crippen LogP contribution in [0.15, 0.2) is 91.0 Å². The molecule has 0 saturated carbocycles. The fraction of sp³-hybridized carbons (Fsp3) is 0.194. The smallest absolute Gasteiger partial charge is 0.259 e. The van der Waals surface area contributed by atoms with Crippen molar-refractivity contribution >= 4 is 34.2 Å². The molecule has 4 aromatic rings. The first-order chi connectivity index (χ1) is 18.0. The third-order valence-corrected chi connectivity index (χ3v) is 6.93. The maximum Gasteiger partial charge on any atom is 0.259 e. The molecule has 0 radical (unpaired) electrons. The predicted octanol–water partition coefficient (Wildman–Crippen LogP) is 4.49. The number of likely N-dealkylation sites (N-methyl/N-ethyl adjacent to an activating group) is 1. The molecule has 1 unspecified atom stereocenters. The van der Waals surface area contributed by atoms with E-state index in [1.807, 2.05) is 91.9 Å². The molecule has 186 valence electrons. The molecular weight excluding hydrogens is 462 g/mol. The van der Waals surface area contributed by atoms with E-state index in [1.165, 1.54) is 4.90 Å². The van der Waals surface area contributed by atoms with Crippen LogP contribution in [0.4, 0.5) is 5.69 Å². The van der Waals surface area contributed by atoms with Gasteiger partial charge in [-0.15, -0.1) is 0 Å². The van der Waals surface area contributed by atoms with Crippen LogP contribution in [0, 0.1) is 6.92 Å². The van der Waals surface area contributed by atoms with Gasteiger partial charge in [-0.1, -0.05) is 84.4 Å². The molecule has 0 aliphatic carbocycles. The summed E-state index contributed by atoms with van der Waals surface area (Å²) in [6.45, 7) is 2.11. The van der Waals surface area contributed by atoms with Gasteiger partial charge < -0.3 is 10.2 Å². The molecule has 3 amide bonds. The van der Waals surface area contributed by atoms with Gasteiger partial charge in [0, 0.05) is 31.0 Å². The molecular formula is C31H29N3O3. The SMILES string of the molecule is CNC(=O)C(Cc1ccccc1)N(Cc1ccc(C)cc1)C(=O)CN1C(=O)c2cccc3cccc1c23. The fourth-order valence-corrected chi connectivity index (χ4v) is 4.97. The number of amides is 3. The largest absolute Gasteiger partial charge is 0.357 e. The summed E-state index contributed by atoms with van der Waals surface area (Å²) in [6.07, 6.45) is 0.363. The van der Waals surface area contributed by atoms with Crippen LogP contribution in [0.2, 0.25) is 0 Å². The number of hydrogen-bond donors (Lipinski definition) is 1. The van der Waals surface area contributed by atoms with Crippen LogP contribution in [0.5, 0.6) is 0 Å². The van der Waals surface area contributed by atoms with E-state index in [1.54, 1.807) is 18.0 Å². The number of nitrogens with zero attached hydrogens (tertiary/aromatic N) is 2. The standard InChI is InChI=1S/C31H29N3O3/c1-21-14-16-23(17-15-21)19-33(27(30(36)32-2)18-22-8-4-3-5-9-22)28(35)20-34-26-13-7-11-24-10-6-12-25(29(24)26)31(34)37/h3-17,27H,18-20H2,1-2H3,(H,32,36). The average molecular weight is 492 g/mol. The highest BCUT2D eigenvalue weighted by molar-refractivity contribution is 6.26. The molecule has 0 bridgehead atoms.